The minimum atomic E-state index is -1.80. The van der Waals surface area contributed by atoms with Crippen molar-refractivity contribution in [2.24, 2.45) is 0 Å². The Balaban J connectivity index is -0.00000000342. The van der Waals surface area contributed by atoms with E-state index >= 15 is 0 Å². The van der Waals surface area contributed by atoms with Gasteiger partial charge in [0.1, 0.15) is 0 Å². The SMILES string of the molecule is C.C.C.C.C.C.O.O=BB(O)O.O=BB(O)O.O[SiH2].[3HH].[B][O][AlH].[Na+].[Na+].[OH-].[OH-].[OH3+]. The maximum atomic E-state index is 9.00. The minimum absolute atomic E-state index is 0. The summed E-state index contributed by atoms with van der Waals surface area (Å²) in [4.78, 5) is 7.03. The molecule has 12 N–H and O–H groups in total. The van der Waals surface area contributed by atoms with Gasteiger partial charge in [-0.3, -0.25) is 0 Å². The van der Waals surface area contributed by atoms with Gasteiger partial charge in [0.2, 0.25) is 8.05 Å². The van der Waals surface area contributed by atoms with E-state index in [1.165, 1.54) is 16.6 Å². The molecule has 27 heavy (non-hydrogen) atoms. The molecule has 0 heterocycles. The summed E-state index contributed by atoms with van der Waals surface area (Å²) < 4.78 is 21.8. The largest absolute Gasteiger partial charge is 1.00 e. The second-order valence-electron chi connectivity index (χ2n) is 1.27. The average molecular weight is 462 g/mol. The normalized spacial score (nSPS) is 3.04. The van der Waals surface area contributed by atoms with Crippen LogP contribution in [0.4, 0.5) is 0 Å². The van der Waals surface area contributed by atoms with E-state index in [9.17, 15) is 0 Å². The van der Waals surface area contributed by atoms with Gasteiger partial charge in [-0.25, -0.2) is 0 Å². The molecule has 0 bridgehead atoms. The van der Waals surface area contributed by atoms with Gasteiger partial charge < -0.3 is 30.4 Å². The second kappa shape index (κ2) is 165. The van der Waals surface area contributed by atoms with Crippen molar-refractivity contribution in [2.45, 2.75) is 44.6 Å². The van der Waals surface area contributed by atoms with Crippen molar-refractivity contribution in [2.75, 3.05) is 0 Å². The van der Waals surface area contributed by atoms with E-state index in [4.69, 9.17) is 34.3 Å². The van der Waals surface area contributed by atoms with Gasteiger partial charge in [-0.05, 0) is 0 Å². The van der Waals surface area contributed by atoms with E-state index in [2.05, 4.69) is 11.8 Å². The molecule has 0 aliphatic rings. The maximum absolute atomic E-state index is 9.00. The van der Waals surface area contributed by atoms with E-state index in [-0.39, 0.29) is 141 Å². The van der Waals surface area contributed by atoms with Crippen LogP contribution in [0.5, 0.6) is 0 Å². The van der Waals surface area contributed by atoms with Gasteiger partial charge >= 0.3 is 133 Å². The molecule has 160 valence electrons. The average Bonchev–Trinajstić information content (AvgIpc) is 2.22. The Hall–Kier alpha value is 2.27. The Morgan fingerprint density at radius 2 is 0.852 bits per heavy atom. The summed E-state index contributed by atoms with van der Waals surface area (Å²) in [5, 5.41) is 30.2. The molecule has 0 atom stereocenters. The monoisotopic (exact) mass is 463 g/mol. The molecular weight excluding hydrogens is 419 g/mol. The van der Waals surface area contributed by atoms with Crippen LogP contribution in [0.2, 0.25) is 0 Å². The van der Waals surface area contributed by atoms with E-state index in [0.717, 1.165) is 10.5 Å². The van der Waals surface area contributed by atoms with Gasteiger partial charge in [0.05, 0.1) is 0 Å². The van der Waals surface area contributed by atoms with E-state index in [0.29, 0.717) is 0 Å². The molecule has 0 saturated carbocycles. The quantitative estimate of drug-likeness (QED) is 0.191. The van der Waals surface area contributed by atoms with Crippen LogP contribution in [0.1, 0.15) is 46.0 Å². The number of hydrogen-bond donors (Lipinski definition) is 5. The molecule has 0 unspecified atom stereocenters. The van der Waals surface area contributed by atoms with Crippen LogP contribution < -0.4 is 59.1 Å². The summed E-state index contributed by atoms with van der Waals surface area (Å²) in [5.41, 5.74) is 0. The van der Waals surface area contributed by atoms with E-state index < -0.39 is 14.0 Å². The Morgan fingerprint density at radius 1 is 0.815 bits per heavy atom. The third kappa shape index (κ3) is 496. The predicted octanol–water partition coefficient (Wildman–Crippen LogP) is -10.6. The van der Waals surface area contributed by atoms with Crippen molar-refractivity contribution < 1.29 is 120 Å². The van der Waals surface area contributed by atoms with Crippen LogP contribution >= 0.6 is 0 Å². The van der Waals surface area contributed by atoms with Crippen LogP contribution in [-0.2, 0) is 18.6 Å². The molecular formula is C6H41AlB5Na2O12Si+. The summed E-state index contributed by atoms with van der Waals surface area (Å²) in [5.74, 6) is 0. The van der Waals surface area contributed by atoms with Crippen molar-refractivity contribution >= 4 is 63.3 Å². The molecule has 4 radical (unpaired) electrons. The number of hydrogen-bond acceptors (Lipinski definition) is 10. The van der Waals surface area contributed by atoms with Gasteiger partial charge in [0.25, 0.3) is 0 Å². The van der Waals surface area contributed by atoms with Crippen LogP contribution in [0.25, 0.3) is 0 Å². The molecule has 0 rings (SSSR count). The summed E-state index contributed by atoms with van der Waals surface area (Å²) in [6.07, 6.45) is 0. The molecule has 0 aliphatic heterocycles. The minimum Gasteiger partial charge on any atom is -0.870 e. The van der Waals surface area contributed by atoms with Crippen molar-refractivity contribution in [3.63, 3.8) is 0 Å². The summed E-state index contributed by atoms with van der Waals surface area (Å²) in [7, 11) is 1.68. The summed E-state index contributed by atoms with van der Waals surface area (Å²) >= 11 is 1.25. The Morgan fingerprint density at radius 3 is 0.852 bits per heavy atom. The van der Waals surface area contributed by atoms with Crippen LogP contribution in [0.15, 0.2) is 0 Å². The molecule has 0 spiro atoms. The zero-order valence-electron chi connectivity index (χ0n) is 11.7. The molecule has 0 aromatic rings. The summed E-state index contributed by atoms with van der Waals surface area (Å²) in [6.45, 7) is 0. The van der Waals surface area contributed by atoms with Crippen molar-refractivity contribution in [1.82, 2.24) is 0 Å². The zero-order chi connectivity index (χ0) is 13.3. The fraction of sp³-hybridized carbons (Fsp3) is 1.00. The molecule has 21 heteroatoms. The maximum Gasteiger partial charge on any atom is 1.00 e. The van der Waals surface area contributed by atoms with Gasteiger partial charge in [-0.1, -0.05) is 44.6 Å². The predicted molar refractivity (Wildman–Crippen MR) is 113 cm³/mol. The smallest absolute Gasteiger partial charge is 0.870 e. The molecule has 12 nitrogen and oxygen atoms in total. The van der Waals surface area contributed by atoms with Crippen LogP contribution in [-0.4, -0.2) is 105 Å². The van der Waals surface area contributed by atoms with E-state index in [1.807, 2.05) is 0 Å². The molecule has 0 aromatic heterocycles. The topological polar surface area (TPSA) is 269 Å². The van der Waals surface area contributed by atoms with Crippen LogP contribution in [0.3, 0.4) is 0 Å². The van der Waals surface area contributed by atoms with Gasteiger partial charge in [0, 0.05) is 1.43 Å². The molecule has 0 aliphatic carbocycles. The van der Waals surface area contributed by atoms with Gasteiger partial charge in [-0.2, -0.15) is 0 Å². The fourth-order valence-electron chi connectivity index (χ4n) is 0. The first-order valence-electron chi connectivity index (χ1n) is 3.01. The second-order valence-corrected chi connectivity index (χ2v) is 1.60. The van der Waals surface area contributed by atoms with Crippen molar-refractivity contribution in [1.29, 1.82) is 0 Å². The molecule has 0 saturated heterocycles. The standard InChI is InChI=1S/6CH4.Al.2B2H2O3.BO.2Na.H3OSi.4H2O.H2.H/c;;;;;;;2*3-1-2(4)5;1-2;;;1-2;;;;;;/h6*1H4;;2*4-5H;;;;1H,2H2;4*1H2;1H;/q;;;;;;+1;;;-1;2*+1;;;;;;;/p-1/i;;;;;;;;;;;;;;;;;1+2;. The molecule has 0 amide bonds. The first-order chi connectivity index (χ1) is 6.95. The van der Waals surface area contributed by atoms with Crippen molar-refractivity contribution in [3.05, 3.63) is 0 Å². The zero-order valence-corrected chi connectivity index (χ0v) is 18.6. The molecule has 0 aromatic carbocycles. The first-order valence-corrected chi connectivity index (χ1v) is 4.22. The van der Waals surface area contributed by atoms with Crippen molar-refractivity contribution in [3.8, 4) is 0 Å². The third-order valence-corrected chi connectivity index (χ3v) is 0.243. The first kappa shape index (κ1) is 133. The number of rotatable bonds is 2. The Bertz CT molecular complexity index is 139. The Labute approximate surface area is 226 Å². The van der Waals surface area contributed by atoms with E-state index in [1.54, 1.807) is 0 Å². The van der Waals surface area contributed by atoms with Crippen LogP contribution in [0, 0.1) is 0 Å². The van der Waals surface area contributed by atoms with Gasteiger partial charge in [-0.15, -0.1) is 0 Å². The molecule has 0 fully saturated rings. The third-order valence-electron chi connectivity index (χ3n) is 0.243. The van der Waals surface area contributed by atoms with Gasteiger partial charge in [0.15, 0.2) is 10.5 Å². The summed E-state index contributed by atoms with van der Waals surface area (Å²) in [6, 6.07) is 0. The fourth-order valence-corrected chi connectivity index (χ4v) is 0. The Kier molecular flexibility index (Phi) is 814.